The summed E-state index contributed by atoms with van der Waals surface area (Å²) in [5.74, 6) is 5.80. The molecule has 150 valence electrons. The molecule has 3 heterocycles. The first kappa shape index (κ1) is 19.5. The van der Waals surface area contributed by atoms with Crippen LogP contribution >= 0.6 is 0 Å². The SMILES string of the molecule is Cc1cnccc1-c1cc(C#C[C@H]2O[C@H](CO)[C@@H](O)[C@H](O)[C@@H]2O)c2[nH]ncc2c1. The van der Waals surface area contributed by atoms with Gasteiger partial charge in [0.15, 0.2) is 0 Å². The monoisotopic (exact) mass is 395 g/mol. The maximum absolute atomic E-state index is 10.2. The third kappa shape index (κ3) is 3.62. The third-order valence-corrected chi connectivity index (χ3v) is 5.12. The highest BCUT2D eigenvalue weighted by molar-refractivity contribution is 5.89. The van der Waals surface area contributed by atoms with Crippen molar-refractivity contribution in [1.82, 2.24) is 15.2 Å². The molecule has 0 saturated carbocycles. The van der Waals surface area contributed by atoms with Crippen LogP contribution in [-0.4, -0.2) is 72.7 Å². The Bertz CT molecular complexity index is 1080. The largest absolute Gasteiger partial charge is 0.394 e. The molecule has 1 aliphatic rings. The van der Waals surface area contributed by atoms with Crippen LogP contribution in [0.15, 0.2) is 36.8 Å². The van der Waals surface area contributed by atoms with E-state index in [0.717, 1.165) is 27.6 Å². The fourth-order valence-electron chi connectivity index (χ4n) is 3.48. The summed E-state index contributed by atoms with van der Waals surface area (Å²) in [4.78, 5) is 4.12. The van der Waals surface area contributed by atoms with Gasteiger partial charge in [-0.15, -0.1) is 0 Å². The lowest BCUT2D eigenvalue weighted by molar-refractivity contribution is -0.214. The van der Waals surface area contributed by atoms with Gasteiger partial charge in [-0.2, -0.15) is 5.10 Å². The number of hydrogen-bond acceptors (Lipinski definition) is 7. The van der Waals surface area contributed by atoms with E-state index in [1.165, 1.54) is 0 Å². The van der Waals surface area contributed by atoms with Gasteiger partial charge in [0.2, 0.25) is 0 Å². The number of pyridine rings is 1. The molecule has 0 unspecified atom stereocenters. The van der Waals surface area contributed by atoms with Crippen LogP contribution in [0.2, 0.25) is 0 Å². The number of hydrogen-bond donors (Lipinski definition) is 5. The molecule has 1 saturated heterocycles. The first-order valence-electron chi connectivity index (χ1n) is 9.19. The number of nitrogens with one attached hydrogen (secondary N) is 1. The van der Waals surface area contributed by atoms with Crippen molar-refractivity contribution in [2.75, 3.05) is 6.61 Å². The second kappa shape index (κ2) is 7.91. The first-order chi connectivity index (χ1) is 14.0. The number of nitrogens with zero attached hydrogens (tertiary/aromatic N) is 2. The van der Waals surface area contributed by atoms with Gasteiger partial charge in [0.05, 0.1) is 23.9 Å². The molecule has 1 fully saturated rings. The highest BCUT2D eigenvalue weighted by atomic mass is 16.5. The standard InChI is InChI=1S/C21H21N3O5/c1-11-8-22-5-4-15(11)13-6-12(18-14(7-13)9-23-24-18)2-3-16-19(26)21(28)20(27)17(10-25)29-16/h4-9,16-17,19-21,25-28H,10H2,1H3,(H,23,24)/t16-,17-,19-,20-,21-/m1/s1. The van der Waals surface area contributed by atoms with E-state index >= 15 is 0 Å². The summed E-state index contributed by atoms with van der Waals surface area (Å²) < 4.78 is 5.46. The number of aryl methyl sites for hydroxylation is 1. The number of aromatic nitrogens is 3. The maximum atomic E-state index is 10.2. The van der Waals surface area contributed by atoms with Gasteiger partial charge >= 0.3 is 0 Å². The molecule has 0 bridgehead atoms. The molecule has 0 amide bonds. The zero-order chi connectivity index (χ0) is 20.5. The Morgan fingerprint density at radius 1 is 1.14 bits per heavy atom. The molecule has 0 spiro atoms. The van der Waals surface area contributed by atoms with Crippen molar-refractivity contribution in [2.24, 2.45) is 0 Å². The summed E-state index contributed by atoms with van der Waals surface area (Å²) in [5, 5.41) is 47.2. The summed E-state index contributed by atoms with van der Waals surface area (Å²) in [7, 11) is 0. The molecular weight excluding hydrogens is 374 g/mol. The van der Waals surface area contributed by atoms with Crippen molar-refractivity contribution in [1.29, 1.82) is 0 Å². The third-order valence-electron chi connectivity index (χ3n) is 5.12. The highest BCUT2D eigenvalue weighted by Gasteiger charge is 2.42. The number of benzene rings is 1. The zero-order valence-corrected chi connectivity index (χ0v) is 15.6. The van der Waals surface area contributed by atoms with Gasteiger partial charge < -0.3 is 25.2 Å². The van der Waals surface area contributed by atoms with Crippen LogP contribution in [0.25, 0.3) is 22.0 Å². The second-order valence-electron chi connectivity index (χ2n) is 7.07. The van der Waals surface area contributed by atoms with Gasteiger partial charge in [-0.25, -0.2) is 0 Å². The van der Waals surface area contributed by atoms with Crippen molar-refractivity contribution in [2.45, 2.75) is 37.4 Å². The number of H-pyrrole nitrogens is 1. The van der Waals surface area contributed by atoms with E-state index in [1.54, 1.807) is 18.6 Å². The van der Waals surface area contributed by atoms with E-state index in [0.29, 0.717) is 5.56 Å². The fourth-order valence-corrected chi connectivity index (χ4v) is 3.48. The molecule has 2 aromatic heterocycles. The van der Waals surface area contributed by atoms with Gasteiger partial charge in [0, 0.05) is 17.8 Å². The van der Waals surface area contributed by atoms with Gasteiger partial charge in [-0.1, -0.05) is 11.8 Å². The van der Waals surface area contributed by atoms with E-state index < -0.39 is 37.1 Å². The lowest BCUT2D eigenvalue weighted by Gasteiger charge is -2.37. The van der Waals surface area contributed by atoms with Gasteiger partial charge in [-0.05, 0) is 41.8 Å². The Labute approximate surface area is 166 Å². The van der Waals surface area contributed by atoms with Crippen LogP contribution in [0.5, 0.6) is 0 Å². The second-order valence-corrected chi connectivity index (χ2v) is 7.07. The minimum absolute atomic E-state index is 0.495. The first-order valence-corrected chi connectivity index (χ1v) is 9.19. The average molecular weight is 395 g/mol. The van der Waals surface area contributed by atoms with Crippen LogP contribution in [0, 0.1) is 18.8 Å². The topological polar surface area (TPSA) is 132 Å². The predicted octanol–water partition coefficient (Wildman–Crippen LogP) is 0.127. The van der Waals surface area contributed by atoms with E-state index in [4.69, 9.17) is 4.74 Å². The minimum atomic E-state index is -1.46. The molecule has 8 nitrogen and oxygen atoms in total. The summed E-state index contributed by atoms with van der Waals surface area (Å²) in [6, 6.07) is 5.82. The van der Waals surface area contributed by atoms with E-state index in [1.807, 2.05) is 25.1 Å². The van der Waals surface area contributed by atoms with Crippen LogP contribution < -0.4 is 0 Å². The molecule has 5 atom stereocenters. The molecule has 8 heteroatoms. The van der Waals surface area contributed by atoms with Crippen LogP contribution in [0.1, 0.15) is 11.1 Å². The van der Waals surface area contributed by atoms with E-state index in [9.17, 15) is 20.4 Å². The Morgan fingerprint density at radius 3 is 2.72 bits per heavy atom. The minimum Gasteiger partial charge on any atom is -0.394 e. The molecule has 0 aliphatic carbocycles. The molecule has 3 aromatic rings. The Morgan fingerprint density at radius 2 is 1.97 bits per heavy atom. The zero-order valence-electron chi connectivity index (χ0n) is 15.6. The number of ether oxygens (including phenoxy) is 1. The molecular formula is C21H21N3O5. The Kier molecular flexibility index (Phi) is 5.32. The van der Waals surface area contributed by atoms with Crippen LogP contribution in [-0.2, 0) is 4.74 Å². The average Bonchev–Trinajstić information content (AvgIpc) is 3.20. The summed E-state index contributed by atoms with van der Waals surface area (Å²) in [5.41, 5.74) is 4.35. The van der Waals surface area contributed by atoms with E-state index in [2.05, 4.69) is 27.0 Å². The quantitative estimate of drug-likeness (QED) is 0.390. The Balaban J connectivity index is 1.74. The fraction of sp³-hybridized carbons (Fsp3) is 0.333. The lowest BCUT2D eigenvalue weighted by Crippen LogP contribution is -2.58. The molecule has 1 aliphatic heterocycles. The van der Waals surface area contributed by atoms with Crippen molar-refractivity contribution >= 4 is 10.9 Å². The molecule has 29 heavy (non-hydrogen) atoms. The number of aromatic amines is 1. The van der Waals surface area contributed by atoms with Gasteiger partial charge in [0.25, 0.3) is 0 Å². The lowest BCUT2D eigenvalue weighted by atomic mass is 9.95. The maximum Gasteiger partial charge on any atom is 0.147 e. The molecule has 0 radical (unpaired) electrons. The number of aliphatic hydroxyl groups excluding tert-OH is 4. The van der Waals surface area contributed by atoms with Gasteiger partial charge in [0.1, 0.15) is 30.5 Å². The normalized spacial score (nSPS) is 26.9. The number of rotatable bonds is 2. The molecule has 4 rings (SSSR count). The molecule has 5 N–H and O–H groups in total. The summed E-state index contributed by atoms with van der Waals surface area (Å²) in [6.45, 7) is 1.48. The predicted molar refractivity (Wildman–Crippen MR) is 105 cm³/mol. The molecule has 1 aromatic carbocycles. The summed E-state index contributed by atoms with van der Waals surface area (Å²) in [6.07, 6.45) is -1.11. The van der Waals surface area contributed by atoms with Crippen LogP contribution in [0.4, 0.5) is 0 Å². The highest BCUT2D eigenvalue weighted by Crippen LogP contribution is 2.28. The number of aliphatic hydroxyl groups is 4. The Hall–Kier alpha value is -2.80. The van der Waals surface area contributed by atoms with Crippen molar-refractivity contribution in [3.05, 3.63) is 47.9 Å². The summed E-state index contributed by atoms with van der Waals surface area (Å²) >= 11 is 0. The number of fused-ring (bicyclic) bond motifs is 1. The van der Waals surface area contributed by atoms with Crippen LogP contribution in [0.3, 0.4) is 0 Å². The smallest absolute Gasteiger partial charge is 0.147 e. The van der Waals surface area contributed by atoms with Crippen molar-refractivity contribution in [3.8, 4) is 23.0 Å². The van der Waals surface area contributed by atoms with Crippen molar-refractivity contribution in [3.63, 3.8) is 0 Å². The van der Waals surface area contributed by atoms with Gasteiger partial charge in [-0.3, -0.25) is 10.1 Å². The van der Waals surface area contributed by atoms with Crippen molar-refractivity contribution < 1.29 is 25.2 Å². The van der Waals surface area contributed by atoms with E-state index in [-0.39, 0.29) is 0 Å².